The largest absolute Gasteiger partial charge is 0.383 e. The molecule has 4 heteroatoms. The second-order valence-electron chi connectivity index (χ2n) is 2.25. The summed E-state index contributed by atoms with van der Waals surface area (Å²) in [5.74, 6) is -2.72. The molecule has 62 valence electrons. The van der Waals surface area contributed by atoms with Crippen LogP contribution in [0.4, 0.5) is 8.78 Å². The molecule has 0 saturated carbocycles. The zero-order valence-electron chi connectivity index (χ0n) is 6.45. The van der Waals surface area contributed by atoms with E-state index in [-0.39, 0.29) is 6.61 Å². The lowest BCUT2D eigenvalue weighted by atomic mass is 10.2. The summed E-state index contributed by atoms with van der Waals surface area (Å²) in [7, 11) is 2.89. The van der Waals surface area contributed by atoms with Crippen LogP contribution in [-0.2, 0) is 4.74 Å². The predicted octanol–water partition coefficient (Wildman–Crippen LogP) is 0.876. The van der Waals surface area contributed by atoms with Gasteiger partial charge in [-0.2, -0.15) is 0 Å². The second kappa shape index (κ2) is 3.83. The Kier molecular flexibility index (Phi) is 3.75. The maximum Gasteiger partial charge on any atom is 0.262 e. The van der Waals surface area contributed by atoms with Gasteiger partial charge in [-0.15, -0.1) is 0 Å². The van der Waals surface area contributed by atoms with Gasteiger partial charge >= 0.3 is 0 Å². The Hall–Kier alpha value is -0.220. The molecular weight excluding hydrogens is 140 g/mol. The minimum Gasteiger partial charge on any atom is -0.383 e. The molecule has 1 N–H and O–H groups in total. The van der Waals surface area contributed by atoms with E-state index in [2.05, 4.69) is 10.1 Å². The zero-order valence-corrected chi connectivity index (χ0v) is 6.45. The van der Waals surface area contributed by atoms with Crippen LogP contribution < -0.4 is 5.32 Å². The molecule has 0 rings (SSSR count). The van der Waals surface area contributed by atoms with E-state index in [9.17, 15) is 8.78 Å². The fourth-order valence-electron chi connectivity index (χ4n) is 0.650. The lowest BCUT2D eigenvalue weighted by Gasteiger charge is -2.21. The maximum absolute atomic E-state index is 12.4. The average Bonchev–Trinajstić information content (AvgIpc) is 1.80. The molecule has 1 atom stereocenters. The first-order chi connectivity index (χ1) is 4.52. The van der Waals surface area contributed by atoms with Gasteiger partial charge in [-0.1, -0.05) is 0 Å². The van der Waals surface area contributed by atoms with E-state index in [1.165, 1.54) is 14.2 Å². The number of likely N-dealkylation sites (N-methyl/N-ethyl adjacent to an activating group) is 1. The normalized spacial score (nSPS) is 15.3. The lowest BCUT2D eigenvalue weighted by molar-refractivity contribution is -0.0399. The van der Waals surface area contributed by atoms with Gasteiger partial charge in [0.15, 0.2) is 0 Å². The van der Waals surface area contributed by atoms with E-state index in [1.807, 2.05) is 0 Å². The predicted molar refractivity (Wildman–Crippen MR) is 35.3 cm³/mol. The molecule has 2 nitrogen and oxygen atoms in total. The third-order valence-electron chi connectivity index (χ3n) is 1.29. The fourth-order valence-corrected chi connectivity index (χ4v) is 0.650. The SMILES string of the molecule is CNC(COC)C(C)(F)F. The number of hydrogen-bond donors (Lipinski definition) is 1. The van der Waals surface area contributed by atoms with E-state index < -0.39 is 12.0 Å². The Morgan fingerprint density at radius 3 is 2.20 bits per heavy atom. The van der Waals surface area contributed by atoms with Gasteiger partial charge in [-0.05, 0) is 7.05 Å². The number of hydrogen-bond acceptors (Lipinski definition) is 2. The van der Waals surface area contributed by atoms with Crippen molar-refractivity contribution < 1.29 is 13.5 Å². The number of ether oxygens (including phenoxy) is 1. The summed E-state index contributed by atoms with van der Waals surface area (Å²) < 4.78 is 29.4. The highest BCUT2D eigenvalue weighted by atomic mass is 19.3. The van der Waals surface area contributed by atoms with Crippen molar-refractivity contribution in [3.05, 3.63) is 0 Å². The van der Waals surface area contributed by atoms with Gasteiger partial charge < -0.3 is 10.1 Å². The second-order valence-corrected chi connectivity index (χ2v) is 2.25. The summed E-state index contributed by atoms with van der Waals surface area (Å²) in [5, 5.41) is 2.47. The molecule has 0 heterocycles. The van der Waals surface area contributed by atoms with E-state index in [0.717, 1.165) is 6.92 Å². The Labute approximate surface area is 59.6 Å². The molecule has 0 saturated heterocycles. The molecule has 0 aromatic heterocycles. The van der Waals surface area contributed by atoms with Gasteiger partial charge in [0.05, 0.1) is 12.6 Å². The molecular formula is C6H13F2NO. The van der Waals surface area contributed by atoms with Crippen molar-refractivity contribution in [2.24, 2.45) is 0 Å². The van der Waals surface area contributed by atoms with Crippen molar-refractivity contribution >= 4 is 0 Å². The van der Waals surface area contributed by atoms with Gasteiger partial charge in [-0.3, -0.25) is 0 Å². The zero-order chi connectivity index (χ0) is 8.20. The number of methoxy groups -OCH3 is 1. The first-order valence-corrected chi connectivity index (χ1v) is 3.06. The van der Waals surface area contributed by atoms with Crippen molar-refractivity contribution in [2.45, 2.75) is 18.9 Å². The molecule has 0 spiro atoms. The molecule has 0 fully saturated rings. The third-order valence-corrected chi connectivity index (χ3v) is 1.29. The van der Waals surface area contributed by atoms with Gasteiger partial charge in [0.2, 0.25) is 0 Å². The van der Waals surface area contributed by atoms with E-state index in [4.69, 9.17) is 0 Å². The quantitative estimate of drug-likeness (QED) is 0.647. The first kappa shape index (κ1) is 9.78. The van der Waals surface area contributed by atoms with Crippen molar-refractivity contribution in [3.8, 4) is 0 Å². The fraction of sp³-hybridized carbons (Fsp3) is 1.00. The molecule has 0 bridgehead atoms. The molecule has 0 aliphatic rings. The minimum absolute atomic E-state index is 0.0278. The monoisotopic (exact) mass is 153 g/mol. The Bertz CT molecular complexity index is 92.2. The molecule has 0 aliphatic heterocycles. The highest BCUT2D eigenvalue weighted by molar-refractivity contribution is 4.77. The van der Waals surface area contributed by atoms with Crippen molar-refractivity contribution in [2.75, 3.05) is 20.8 Å². The Morgan fingerprint density at radius 2 is 2.10 bits per heavy atom. The molecule has 0 amide bonds. The van der Waals surface area contributed by atoms with Gasteiger partial charge in [0, 0.05) is 14.0 Å². The van der Waals surface area contributed by atoms with Crippen LogP contribution in [0.3, 0.4) is 0 Å². The summed E-state index contributed by atoms with van der Waals surface area (Å²) in [5.41, 5.74) is 0. The summed E-state index contributed by atoms with van der Waals surface area (Å²) in [6.45, 7) is 0.896. The van der Waals surface area contributed by atoms with Crippen LogP contribution in [0, 0.1) is 0 Å². The molecule has 0 radical (unpaired) electrons. The number of nitrogens with one attached hydrogen (secondary N) is 1. The smallest absolute Gasteiger partial charge is 0.262 e. The number of halogens is 2. The Morgan fingerprint density at radius 1 is 1.60 bits per heavy atom. The van der Waals surface area contributed by atoms with Crippen LogP contribution in [0.5, 0.6) is 0 Å². The summed E-state index contributed by atoms with van der Waals surface area (Å²) in [4.78, 5) is 0. The maximum atomic E-state index is 12.4. The van der Waals surface area contributed by atoms with Crippen LogP contribution in [0.25, 0.3) is 0 Å². The summed E-state index contributed by atoms with van der Waals surface area (Å²) in [6.07, 6.45) is 0. The molecule has 10 heavy (non-hydrogen) atoms. The molecule has 1 unspecified atom stereocenters. The van der Waals surface area contributed by atoms with Crippen LogP contribution in [-0.4, -0.2) is 32.7 Å². The molecule has 0 aromatic carbocycles. The van der Waals surface area contributed by atoms with Crippen molar-refractivity contribution in [1.82, 2.24) is 5.32 Å². The summed E-state index contributed by atoms with van der Waals surface area (Å²) >= 11 is 0. The van der Waals surface area contributed by atoms with Crippen LogP contribution in [0.15, 0.2) is 0 Å². The van der Waals surface area contributed by atoms with Gasteiger partial charge in [0.1, 0.15) is 0 Å². The highest BCUT2D eigenvalue weighted by Crippen LogP contribution is 2.16. The van der Waals surface area contributed by atoms with Crippen molar-refractivity contribution in [1.29, 1.82) is 0 Å². The molecule has 0 aromatic rings. The van der Waals surface area contributed by atoms with E-state index in [1.54, 1.807) is 0 Å². The minimum atomic E-state index is -2.72. The van der Waals surface area contributed by atoms with Crippen LogP contribution in [0.2, 0.25) is 0 Å². The van der Waals surface area contributed by atoms with Gasteiger partial charge in [-0.25, -0.2) is 8.78 Å². The molecule has 0 aliphatic carbocycles. The van der Waals surface area contributed by atoms with Crippen molar-refractivity contribution in [3.63, 3.8) is 0 Å². The summed E-state index contributed by atoms with van der Waals surface area (Å²) in [6, 6.07) is -0.891. The number of rotatable bonds is 4. The lowest BCUT2D eigenvalue weighted by Crippen LogP contribution is -2.44. The Balaban J connectivity index is 3.81. The van der Waals surface area contributed by atoms with E-state index in [0.29, 0.717) is 0 Å². The average molecular weight is 153 g/mol. The van der Waals surface area contributed by atoms with Gasteiger partial charge in [0.25, 0.3) is 5.92 Å². The van der Waals surface area contributed by atoms with Crippen LogP contribution in [0.1, 0.15) is 6.92 Å². The third kappa shape index (κ3) is 3.08. The number of alkyl halides is 2. The topological polar surface area (TPSA) is 21.3 Å². The van der Waals surface area contributed by atoms with E-state index >= 15 is 0 Å². The highest BCUT2D eigenvalue weighted by Gasteiger charge is 2.32. The first-order valence-electron chi connectivity index (χ1n) is 3.06. The van der Waals surface area contributed by atoms with Crippen LogP contribution >= 0.6 is 0 Å². The standard InChI is InChI=1S/C6H13F2NO/c1-6(7,8)5(9-2)4-10-3/h5,9H,4H2,1-3H3.